The number of para-hydroxylation sites is 1. The van der Waals surface area contributed by atoms with Crippen molar-refractivity contribution in [3.8, 4) is 0 Å². The molecule has 2 rings (SSSR count). The molecule has 0 atom stereocenters. The molecule has 2 aromatic rings. The van der Waals surface area contributed by atoms with E-state index in [2.05, 4.69) is 15.6 Å². The fourth-order valence-electron chi connectivity index (χ4n) is 2.11. The van der Waals surface area contributed by atoms with E-state index in [1.165, 1.54) is 18.3 Å². The zero-order valence-electron chi connectivity index (χ0n) is 15.0. The Hall–Kier alpha value is -2.93. The summed E-state index contributed by atoms with van der Waals surface area (Å²) in [7, 11) is 0. The number of esters is 1. The molecule has 0 unspecified atom stereocenters. The largest absolute Gasteiger partial charge is 0.452 e. The molecule has 1 aromatic carbocycles. The summed E-state index contributed by atoms with van der Waals surface area (Å²) < 4.78 is 4.96. The van der Waals surface area contributed by atoms with E-state index < -0.39 is 18.5 Å². The highest BCUT2D eigenvalue weighted by atomic mass is 35.5. The van der Waals surface area contributed by atoms with Crippen LogP contribution < -0.4 is 10.6 Å². The fraction of sp³-hybridized carbons (Fsp3) is 0.263. The Labute approximate surface area is 162 Å². The van der Waals surface area contributed by atoms with Crippen LogP contribution in [0.5, 0.6) is 0 Å². The van der Waals surface area contributed by atoms with E-state index in [-0.39, 0.29) is 16.6 Å². The van der Waals surface area contributed by atoms with Gasteiger partial charge in [0, 0.05) is 12.7 Å². The standard InChI is InChI=1S/C19H20ClN3O4/c1-12(2)10-22-18(25)14-5-3-4-6-15(14)23-17(24)11-27-19(26)13-7-8-21-16(20)9-13/h3-9,12H,10-11H2,1-2H3,(H,22,25)(H,23,24). The van der Waals surface area contributed by atoms with E-state index in [1.54, 1.807) is 24.3 Å². The molecule has 7 nitrogen and oxygen atoms in total. The average Bonchev–Trinajstić information content (AvgIpc) is 2.64. The molecule has 2 N–H and O–H groups in total. The van der Waals surface area contributed by atoms with Crippen molar-refractivity contribution in [2.45, 2.75) is 13.8 Å². The number of carbonyl (C=O) groups is 3. The highest BCUT2D eigenvalue weighted by Crippen LogP contribution is 2.15. The summed E-state index contributed by atoms with van der Waals surface area (Å²) in [5, 5.41) is 5.53. The van der Waals surface area contributed by atoms with Crippen molar-refractivity contribution >= 4 is 35.1 Å². The smallest absolute Gasteiger partial charge is 0.338 e. The predicted octanol–water partition coefficient (Wildman–Crippen LogP) is 2.92. The molecule has 0 aliphatic carbocycles. The maximum Gasteiger partial charge on any atom is 0.338 e. The van der Waals surface area contributed by atoms with Crippen LogP contribution in [0.1, 0.15) is 34.6 Å². The number of anilines is 1. The lowest BCUT2D eigenvalue weighted by Gasteiger charge is -2.12. The van der Waals surface area contributed by atoms with Gasteiger partial charge in [0.1, 0.15) is 5.15 Å². The second kappa shape index (κ2) is 9.68. The molecule has 0 aliphatic heterocycles. The van der Waals surface area contributed by atoms with Crippen LogP contribution >= 0.6 is 11.6 Å². The molecule has 2 amide bonds. The first-order chi connectivity index (χ1) is 12.9. The van der Waals surface area contributed by atoms with Gasteiger partial charge in [-0.3, -0.25) is 9.59 Å². The lowest BCUT2D eigenvalue weighted by Crippen LogP contribution is -2.29. The van der Waals surface area contributed by atoms with Gasteiger partial charge in [-0.05, 0) is 30.2 Å². The van der Waals surface area contributed by atoms with Gasteiger partial charge < -0.3 is 15.4 Å². The molecule has 0 saturated heterocycles. The Kier molecular flexibility index (Phi) is 7.31. The van der Waals surface area contributed by atoms with Crippen LogP contribution in [0.2, 0.25) is 5.15 Å². The summed E-state index contributed by atoms with van der Waals surface area (Å²) in [5.41, 5.74) is 0.863. The molecule has 0 bridgehead atoms. The first-order valence-electron chi connectivity index (χ1n) is 8.32. The lowest BCUT2D eigenvalue weighted by atomic mass is 10.1. The second-order valence-electron chi connectivity index (χ2n) is 6.14. The summed E-state index contributed by atoms with van der Waals surface area (Å²) in [6, 6.07) is 9.38. The summed E-state index contributed by atoms with van der Waals surface area (Å²) >= 11 is 5.72. The monoisotopic (exact) mass is 389 g/mol. The number of ether oxygens (including phenoxy) is 1. The minimum absolute atomic E-state index is 0.148. The Morgan fingerprint density at radius 2 is 1.93 bits per heavy atom. The molecule has 0 fully saturated rings. The quantitative estimate of drug-likeness (QED) is 0.560. The number of pyridine rings is 1. The van der Waals surface area contributed by atoms with Crippen LogP contribution in [0.15, 0.2) is 42.6 Å². The molecule has 1 aromatic heterocycles. The Morgan fingerprint density at radius 1 is 1.19 bits per heavy atom. The number of halogens is 1. The van der Waals surface area contributed by atoms with Crippen molar-refractivity contribution in [2.24, 2.45) is 5.92 Å². The number of carbonyl (C=O) groups excluding carboxylic acids is 3. The van der Waals surface area contributed by atoms with Gasteiger partial charge in [0.05, 0.1) is 16.8 Å². The van der Waals surface area contributed by atoms with Gasteiger partial charge in [0.25, 0.3) is 11.8 Å². The third-order valence-corrected chi connectivity index (χ3v) is 3.62. The van der Waals surface area contributed by atoms with Crippen LogP contribution in [-0.2, 0) is 9.53 Å². The minimum Gasteiger partial charge on any atom is -0.452 e. The molecular formula is C19H20ClN3O4. The van der Waals surface area contributed by atoms with E-state index in [4.69, 9.17) is 16.3 Å². The second-order valence-corrected chi connectivity index (χ2v) is 6.53. The van der Waals surface area contributed by atoms with Crippen LogP contribution in [0.3, 0.4) is 0 Å². The van der Waals surface area contributed by atoms with Crippen molar-refractivity contribution < 1.29 is 19.1 Å². The Bertz CT molecular complexity index is 839. The van der Waals surface area contributed by atoms with Crippen LogP contribution in [0, 0.1) is 5.92 Å². The van der Waals surface area contributed by atoms with Crippen LogP contribution in [0.4, 0.5) is 5.69 Å². The molecule has 142 valence electrons. The average molecular weight is 390 g/mol. The maximum atomic E-state index is 12.3. The summed E-state index contributed by atoms with van der Waals surface area (Å²) in [6.45, 7) is 3.99. The van der Waals surface area contributed by atoms with Gasteiger partial charge in [-0.2, -0.15) is 0 Å². The molecule has 0 saturated carbocycles. The third kappa shape index (κ3) is 6.38. The Morgan fingerprint density at radius 3 is 2.63 bits per heavy atom. The first-order valence-corrected chi connectivity index (χ1v) is 8.70. The molecule has 8 heteroatoms. The molecule has 27 heavy (non-hydrogen) atoms. The summed E-state index contributed by atoms with van der Waals surface area (Å²) in [4.78, 5) is 40.1. The number of hydrogen-bond acceptors (Lipinski definition) is 5. The number of amides is 2. The number of aromatic nitrogens is 1. The van der Waals surface area contributed by atoms with Gasteiger partial charge in [-0.25, -0.2) is 9.78 Å². The normalized spacial score (nSPS) is 10.4. The number of nitrogens with one attached hydrogen (secondary N) is 2. The SMILES string of the molecule is CC(C)CNC(=O)c1ccccc1NC(=O)COC(=O)c1ccnc(Cl)c1. The van der Waals surface area contributed by atoms with E-state index in [0.717, 1.165) is 0 Å². The topological polar surface area (TPSA) is 97.4 Å². The van der Waals surface area contributed by atoms with Gasteiger partial charge in [0.2, 0.25) is 0 Å². The van der Waals surface area contributed by atoms with Gasteiger partial charge in [-0.15, -0.1) is 0 Å². The lowest BCUT2D eigenvalue weighted by molar-refractivity contribution is -0.119. The first kappa shape index (κ1) is 20.4. The van der Waals surface area contributed by atoms with Gasteiger partial charge >= 0.3 is 5.97 Å². The van der Waals surface area contributed by atoms with Crippen molar-refractivity contribution in [1.82, 2.24) is 10.3 Å². The van der Waals surface area contributed by atoms with Gasteiger partial charge in [0.15, 0.2) is 6.61 Å². The summed E-state index contributed by atoms with van der Waals surface area (Å²) in [5.74, 6) is -1.25. The highest BCUT2D eigenvalue weighted by Gasteiger charge is 2.15. The van der Waals surface area contributed by atoms with Gasteiger partial charge in [-0.1, -0.05) is 37.6 Å². The predicted molar refractivity (Wildman–Crippen MR) is 102 cm³/mol. The minimum atomic E-state index is -0.697. The number of nitrogens with zero attached hydrogens (tertiary/aromatic N) is 1. The van der Waals surface area contributed by atoms with Crippen LogP contribution in [0.25, 0.3) is 0 Å². The maximum absolute atomic E-state index is 12.3. The van der Waals surface area contributed by atoms with Crippen molar-refractivity contribution in [1.29, 1.82) is 0 Å². The summed E-state index contributed by atoms with van der Waals surface area (Å²) in [6.07, 6.45) is 1.37. The van der Waals surface area contributed by atoms with E-state index in [1.807, 2.05) is 13.8 Å². The molecule has 0 spiro atoms. The van der Waals surface area contributed by atoms with E-state index in [0.29, 0.717) is 23.7 Å². The number of rotatable bonds is 7. The van der Waals surface area contributed by atoms with E-state index >= 15 is 0 Å². The molecule has 1 heterocycles. The molecule has 0 radical (unpaired) electrons. The van der Waals surface area contributed by atoms with Crippen molar-refractivity contribution in [3.63, 3.8) is 0 Å². The van der Waals surface area contributed by atoms with E-state index in [9.17, 15) is 14.4 Å². The zero-order chi connectivity index (χ0) is 19.8. The number of benzene rings is 1. The molecular weight excluding hydrogens is 370 g/mol. The fourth-order valence-corrected chi connectivity index (χ4v) is 2.29. The van der Waals surface area contributed by atoms with Crippen LogP contribution in [-0.4, -0.2) is 35.9 Å². The highest BCUT2D eigenvalue weighted by molar-refractivity contribution is 6.29. The molecule has 0 aliphatic rings. The van der Waals surface area contributed by atoms with Crippen molar-refractivity contribution in [2.75, 3.05) is 18.5 Å². The van der Waals surface area contributed by atoms with Crippen molar-refractivity contribution in [3.05, 3.63) is 58.9 Å². The third-order valence-electron chi connectivity index (χ3n) is 3.41. The zero-order valence-corrected chi connectivity index (χ0v) is 15.7. The Balaban J connectivity index is 1.95. The number of hydrogen-bond donors (Lipinski definition) is 2.